The van der Waals surface area contributed by atoms with Gasteiger partial charge in [-0.3, -0.25) is 9.78 Å². The van der Waals surface area contributed by atoms with E-state index in [-0.39, 0.29) is 11.3 Å². The molecule has 0 bridgehead atoms. The summed E-state index contributed by atoms with van der Waals surface area (Å²) in [4.78, 5) is 17.4. The van der Waals surface area contributed by atoms with Gasteiger partial charge in [0.25, 0.3) is 5.91 Å². The third-order valence-corrected chi connectivity index (χ3v) is 8.67. The van der Waals surface area contributed by atoms with Crippen molar-refractivity contribution in [2.24, 2.45) is 5.92 Å². The molecule has 1 heterocycles. The number of aryl methyl sites for hydroxylation is 2. The van der Waals surface area contributed by atoms with Crippen LogP contribution in [0.15, 0.2) is 66.9 Å². The average Bonchev–Trinajstić information content (AvgIpc) is 3.02. The summed E-state index contributed by atoms with van der Waals surface area (Å²) in [6.45, 7) is 4.18. The number of hydrogen-bond donors (Lipinski definition) is 2. The molecule has 3 aromatic rings. The van der Waals surface area contributed by atoms with Gasteiger partial charge in [0, 0.05) is 18.2 Å². The van der Waals surface area contributed by atoms with Gasteiger partial charge in [0.05, 0.1) is 17.0 Å². The van der Waals surface area contributed by atoms with Crippen molar-refractivity contribution in [2.75, 3.05) is 5.32 Å². The molecule has 2 N–H and O–H groups in total. The molecule has 5 rings (SSSR count). The van der Waals surface area contributed by atoms with E-state index in [1.807, 2.05) is 31.2 Å². The Kier molecular flexibility index (Phi) is 6.98. The van der Waals surface area contributed by atoms with Crippen LogP contribution in [0.2, 0.25) is 0 Å². The number of nitrogens with one attached hydrogen (secondary N) is 1. The molecule has 188 valence electrons. The van der Waals surface area contributed by atoms with Gasteiger partial charge < -0.3 is 10.4 Å². The molecule has 2 aliphatic rings. The zero-order chi connectivity index (χ0) is 25.2. The number of pyridine rings is 1. The smallest absolute Gasteiger partial charge is 0.255 e. The maximum absolute atomic E-state index is 13.1. The quantitative estimate of drug-likeness (QED) is 0.407. The van der Waals surface area contributed by atoms with Gasteiger partial charge in [0.15, 0.2) is 0 Å². The summed E-state index contributed by atoms with van der Waals surface area (Å²) in [6, 6.07) is 20.5. The normalized spacial score (nSPS) is 25.4. The number of carbonyl (C=O) groups is 1. The van der Waals surface area contributed by atoms with Crippen molar-refractivity contribution in [3.63, 3.8) is 0 Å². The second kappa shape index (κ2) is 10.2. The molecule has 1 saturated carbocycles. The lowest BCUT2D eigenvalue weighted by Crippen LogP contribution is -2.48. The van der Waals surface area contributed by atoms with Crippen molar-refractivity contribution in [2.45, 2.75) is 82.7 Å². The number of aliphatic hydroxyl groups is 1. The number of nitrogens with zero attached hydrogens (tertiary/aromatic N) is 1. The number of fused-ring (bicyclic) bond motifs is 3. The number of anilines is 1. The monoisotopic (exact) mass is 482 g/mol. The summed E-state index contributed by atoms with van der Waals surface area (Å²) in [7, 11) is 0. The number of aromatic nitrogens is 1. The lowest BCUT2D eigenvalue weighted by molar-refractivity contribution is -0.0488. The van der Waals surface area contributed by atoms with Crippen molar-refractivity contribution >= 4 is 11.6 Å². The van der Waals surface area contributed by atoms with Gasteiger partial charge in [0.2, 0.25) is 0 Å². The van der Waals surface area contributed by atoms with Gasteiger partial charge in [-0.05, 0) is 104 Å². The summed E-state index contributed by atoms with van der Waals surface area (Å²) in [6.07, 6.45) is 10.6. The second-order valence-electron chi connectivity index (χ2n) is 11.0. The number of amides is 1. The molecule has 2 aromatic carbocycles. The molecule has 0 spiro atoms. The van der Waals surface area contributed by atoms with E-state index in [0.717, 1.165) is 69.2 Å². The molecule has 0 radical (unpaired) electrons. The first kappa shape index (κ1) is 24.7. The Morgan fingerprint density at radius 3 is 2.72 bits per heavy atom. The Labute approximate surface area is 215 Å². The first-order valence-corrected chi connectivity index (χ1v) is 13.6. The molecule has 1 unspecified atom stereocenters. The molecule has 0 saturated heterocycles. The van der Waals surface area contributed by atoms with E-state index < -0.39 is 5.60 Å². The largest absolute Gasteiger partial charge is 0.390 e. The van der Waals surface area contributed by atoms with Crippen molar-refractivity contribution in [1.29, 1.82) is 0 Å². The molecule has 1 fully saturated rings. The van der Waals surface area contributed by atoms with Crippen molar-refractivity contribution in [1.82, 2.24) is 4.98 Å². The topological polar surface area (TPSA) is 62.2 Å². The molecule has 2 aliphatic carbocycles. The van der Waals surface area contributed by atoms with Gasteiger partial charge >= 0.3 is 0 Å². The minimum absolute atomic E-state index is 0.0818. The van der Waals surface area contributed by atoms with Gasteiger partial charge in [-0.25, -0.2) is 0 Å². The van der Waals surface area contributed by atoms with E-state index in [1.54, 1.807) is 6.20 Å². The van der Waals surface area contributed by atoms with Gasteiger partial charge in [0.1, 0.15) is 0 Å². The van der Waals surface area contributed by atoms with E-state index in [0.29, 0.717) is 11.5 Å². The van der Waals surface area contributed by atoms with Crippen LogP contribution in [0.4, 0.5) is 5.69 Å². The van der Waals surface area contributed by atoms with Gasteiger partial charge in [-0.15, -0.1) is 0 Å². The Morgan fingerprint density at radius 1 is 1.11 bits per heavy atom. The fourth-order valence-electron chi connectivity index (χ4n) is 6.97. The van der Waals surface area contributed by atoms with E-state index in [9.17, 15) is 9.90 Å². The molecule has 1 amide bonds. The highest BCUT2D eigenvalue weighted by Gasteiger charge is 2.50. The molecule has 1 aromatic heterocycles. The van der Waals surface area contributed by atoms with E-state index in [1.165, 1.54) is 16.7 Å². The minimum Gasteiger partial charge on any atom is -0.390 e. The molecule has 0 aliphatic heterocycles. The molecule has 36 heavy (non-hydrogen) atoms. The summed E-state index contributed by atoms with van der Waals surface area (Å²) in [5.41, 5.74) is 5.67. The van der Waals surface area contributed by atoms with Crippen LogP contribution >= 0.6 is 0 Å². The SMILES string of the molecule is CCC[C@@]12CC[C@](O)(Cc3ccccc3)CC1CCCc1cc(C(=O)Nc3cccnc3C)ccc12. The summed E-state index contributed by atoms with van der Waals surface area (Å²) in [5.74, 6) is 0.374. The fraction of sp³-hybridized carbons (Fsp3) is 0.438. The zero-order valence-electron chi connectivity index (χ0n) is 21.6. The summed E-state index contributed by atoms with van der Waals surface area (Å²) < 4.78 is 0. The van der Waals surface area contributed by atoms with Crippen LogP contribution in [-0.4, -0.2) is 21.6 Å². The predicted molar refractivity (Wildman–Crippen MR) is 145 cm³/mol. The number of rotatable bonds is 6. The minimum atomic E-state index is -0.644. The van der Waals surface area contributed by atoms with Crippen molar-refractivity contribution in [3.8, 4) is 0 Å². The van der Waals surface area contributed by atoms with E-state index in [2.05, 4.69) is 53.6 Å². The van der Waals surface area contributed by atoms with Crippen LogP contribution in [0.5, 0.6) is 0 Å². The number of carbonyl (C=O) groups excluding carboxylic acids is 1. The third kappa shape index (κ3) is 4.84. The van der Waals surface area contributed by atoms with Crippen LogP contribution in [0, 0.1) is 12.8 Å². The van der Waals surface area contributed by atoms with Crippen LogP contribution in [0.25, 0.3) is 0 Å². The second-order valence-corrected chi connectivity index (χ2v) is 11.0. The number of hydrogen-bond acceptors (Lipinski definition) is 3. The lowest BCUT2D eigenvalue weighted by Gasteiger charge is -2.50. The maximum Gasteiger partial charge on any atom is 0.255 e. The molecule has 4 heteroatoms. The Bertz CT molecular complexity index is 1220. The van der Waals surface area contributed by atoms with E-state index in [4.69, 9.17) is 0 Å². The van der Waals surface area contributed by atoms with Gasteiger partial charge in [-0.1, -0.05) is 49.7 Å². The Hall–Kier alpha value is -2.98. The van der Waals surface area contributed by atoms with Gasteiger partial charge in [-0.2, -0.15) is 0 Å². The lowest BCUT2D eigenvalue weighted by atomic mass is 9.55. The Morgan fingerprint density at radius 2 is 1.94 bits per heavy atom. The van der Waals surface area contributed by atoms with Crippen molar-refractivity contribution in [3.05, 3.63) is 94.8 Å². The highest BCUT2D eigenvalue weighted by atomic mass is 16.3. The molecular formula is C32H38N2O2. The first-order valence-electron chi connectivity index (χ1n) is 13.6. The molecule has 3 atom stereocenters. The van der Waals surface area contributed by atoms with Crippen LogP contribution in [0.3, 0.4) is 0 Å². The Balaban J connectivity index is 1.42. The van der Waals surface area contributed by atoms with Crippen LogP contribution in [-0.2, 0) is 18.3 Å². The first-order chi connectivity index (χ1) is 17.4. The third-order valence-electron chi connectivity index (χ3n) is 8.67. The number of benzene rings is 2. The zero-order valence-corrected chi connectivity index (χ0v) is 21.6. The standard InChI is InChI=1S/C32H38N2O2/c1-3-16-32-18-17-31(36,21-24-9-5-4-6-10-24)22-27(32)12-7-11-25-20-26(14-15-28(25)32)30(35)34-29-13-8-19-33-23(29)2/h4-6,8-10,13-15,19-20,27,36H,3,7,11-12,16-18,21-22H2,1-2H3,(H,34,35)/t27?,31-,32+/m0/s1. The fourth-order valence-corrected chi connectivity index (χ4v) is 6.97. The maximum atomic E-state index is 13.1. The van der Waals surface area contributed by atoms with Crippen LogP contribution < -0.4 is 5.32 Å². The summed E-state index contributed by atoms with van der Waals surface area (Å²) in [5, 5.41) is 14.7. The highest BCUT2D eigenvalue weighted by molar-refractivity contribution is 6.04. The highest BCUT2D eigenvalue weighted by Crippen LogP contribution is 2.54. The average molecular weight is 483 g/mol. The predicted octanol–water partition coefficient (Wildman–Crippen LogP) is 6.79. The van der Waals surface area contributed by atoms with Crippen LogP contribution in [0.1, 0.15) is 84.6 Å². The van der Waals surface area contributed by atoms with Crippen molar-refractivity contribution < 1.29 is 9.90 Å². The molecular weight excluding hydrogens is 444 g/mol. The summed E-state index contributed by atoms with van der Waals surface area (Å²) >= 11 is 0. The van der Waals surface area contributed by atoms with E-state index >= 15 is 0 Å². The molecule has 4 nitrogen and oxygen atoms in total.